The second kappa shape index (κ2) is 5.09. The zero-order chi connectivity index (χ0) is 12.3. The molecule has 2 atom stereocenters. The summed E-state index contributed by atoms with van der Waals surface area (Å²) in [5.41, 5.74) is 7.59. The molecule has 0 heterocycles. The van der Waals surface area contributed by atoms with Crippen molar-refractivity contribution in [3.05, 3.63) is 29.8 Å². The third-order valence-corrected chi connectivity index (χ3v) is 3.78. The predicted molar refractivity (Wildman–Crippen MR) is 71.4 cm³/mol. The van der Waals surface area contributed by atoms with Gasteiger partial charge in [-0.1, -0.05) is 32.0 Å². The van der Waals surface area contributed by atoms with Crippen LogP contribution in [0.25, 0.3) is 0 Å². The van der Waals surface area contributed by atoms with Gasteiger partial charge in [0.25, 0.3) is 0 Å². The first-order valence-corrected chi connectivity index (χ1v) is 6.63. The van der Waals surface area contributed by atoms with E-state index < -0.39 is 0 Å². The van der Waals surface area contributed by atoms with Crippen LogP contribution in [0.3, 0.4) is 0 Å². The average Bonchev–Trinajstić information content (AvgIpc) is 2.68. The maximum atomic E-state index is 6.06. The molecule has 2 heteroatoms. The smallest absolute Gasteiger partial charge is 0.123 e. The Hall–Kier alpha value is -1.02. The summed E-state index contributed by atoms with van der Waals surface area (Å²) >= 11 is 0. The molecular formula is C15H23NO. The van der Waals surface area contributed by atoms with Crippen LogP contribution in [0.2, 0.25) is 0 Å². The minimum absolute atomic E-state index is 0.198. The molecule has 0 saturated heterocycles. The number of rotatable bonds is 4. The Balaban J connectivity index is 2.25. The molecule has 1 aromatic carbocycles. The van der Waals surface area contributed by atoms with Crippen molar-refractivity contribution in [2.45, 2.75) is 51.0 Å². The third-order valence-electron chi connectivity index (χ3n) is 3.78. The highest BCUT2D eigenvalue weighted by atomic mass is 16.5. The summed E-state index contributed by atoms with van der Waals surface area (Å²) in [6.07, 6.45) is 4.41. The fraction of sp³-hybridized carbons (Fsp3) is 0.600. The van der Waals surface area contributed by atoms with Crippen LogP contribution in [0.5, 0.6) is 5.75 Å². The fourth-order valence-corrected chi connectivity index (χ4v) is 2.83. The molecule has 2 unspecified atom stereocenters. The molecule has 0 amide bonds. The Bertz CT molecular complexity index is 377. The van der Waals surface area contributed by atoms with E-state index in [1.165, 1.54) is 12.0 Å². The SMILES string of the molecule is CCCOc1ccccc1C1(C)CCC(N)C1. The van der Waals surface area contributed by atoms with Crippen molar-refractivity contribution in [3.8, 4) is 5.75 Å². The Morgan fingerprint density at radius 2 is 2.18 bits per heavy atom. The fourth-order valence-electron chi connectivity index (χ4n) is 2.83. The maximum absolute atomic E-state index is 6.06. The second-order valence-electron chi connectivity index (χ2n) is 5.41. The first-order chi connectivity index (χ1) is 8.15. The van der Waals surface area contributed by atoms with Gasteiger partial charge in [0.05, 0.1) is 6.61 Å². The van der Waals surface area contributed by atoms with Crippen molar-refractivity contribution in [2.75, 3.05) is 6.61 Å². The van der Waals surface area contributed by atoms with E-state index in [-0.39, 0.29) is 5.41 Å². The van der Waals surface area contributed by atoms with Gasteiger partial charge in [0, 0.05) is 11.6 Å². The van der Waals surface area contributed by atoms with Crippen molar-refractivity contribution in [2.24, 2.45) is 5.73 Å². The summed E-state index contributed by atoms with van der Waals surface area (Å²) in [4.78, 5) is 0. The number of hydrogen-bond donors (Lipinski definition) is 1. The molecule has 0 aromatic heterocycles. The lowest BCUT2D eigenvalue weighted by molar-refractivity contribution is 0.305. The zero-order valence-electron chi connectivity index (χ0n) is 10.9. The number of benzene rings is 1. The number of para-hydroxylation sites is 1. The summed E-state index contributed by atoms with van der Waals surface area (Å²) in [5.74, 6) is 1.05. The van der Waals surface area contributed by atoms with Crippen LogP contribution < -0.4 is 10.5 Å². The van der Waals surface area contributed by atoms with Crippen molar-refractivity contribution >= 4 is 0 Å². The number of nitrogens with two attached hydrogens (primary N) is 1. The maximum Gasteiger partial charge on any atom is 0.123 e. The normalized spacial score (nSPS) is 28.3. The van der Waals surface area contributed by atoms with Crippen LogP contribution in [-0.2, 0) is 5.41 Å². The summed E-state index contributed by atoms with van der Waals surface area (Å²) < 4.78 is 5.86. The minimum atomic E-state index is 0.198. The zero-order valence-corrected chi connectivity index (χ0v) is 10.9. The lowest BCUT2D eigenvalue weighted by atomic mass is 9.80. The number of ether oxygens (including phenoxy) is 1. The predicted octanol–water partition coefficient (Wildman–Crippen LogP) is 3.24. The van der Waals surface area contributed by atoms with Gasteiger partial charge in [-0.25, -0.2) is 0 Å². The standard InChI is InChI=1S/C15H23NO/c1-3-10-17-14-7-5-4-6-13(14)15(2)9-8-12(16)11-15/h4-7,12H,3,8-11,16H2,1-2H3. The summed E-state index contributed by atoms with van der Waals surface area (Å²) in [5, 5.41) is 0. The van der Waals surface area contributed by atoms with Crippen LogP contribution in [0.15, 0.2) is 24.3 Å². The van der Waals surface area contributed by atoms with Gasteiger partial charge in [-0.2, -0.15) is 0 Å². The largest absolute Gasteiger partial charge is 0.493 e. The molecule has 1 saturated carbocycles. The lowest BCUT2D eigenvalue weighted by Gasteiger charge is -2.27. The van der Waals surface area contributed by atoms with E-state index >= 15 is 0 Å². The molecular weight excluding hydrogens is 210 g/mol. The van der Waals surface area contributed by atoms with E-state index in [9.17, 15) is 0 Å². The highest BCUT2D eigenvalue weighted by molar-refractivity contribution is 5.40. The molecule has 2 nitrogen and oxygen atoms in total. The van der Waals surface area contributed by atoms with Crippen molar-refractivity contribution in [3.63, 3.8) is 0 Å². The van der Waals surface area contributed by atoms with Crippen molar-refractivity contribution in [1.29, 1.82) is 0 Å². The molecule has 2 N–H and O–H groups in total. The van der Waals surface area contributed by atoms with Crippen LogP contribution in [0, 0.1) is 0 Å². The minimum Gasteiger partial charge on any atom is -0.493 e. The van der Waals surface area contributed by atoms with Gasteiger partial charge in [0.15, 0.2) is 0 Å². The molecule has 94 valence electrons. The number of hydrogen-bond acceptors (Lipinski definition) is 2. The third kappa shape index (κ3) is 2.63. The average molecular weight is 233 g/mol. The van der Waals surface area contributed by atoms with E-state index in [2.05, 4.69) is 32.0 Å². The molecule has 0 bridgehead atoms. The molecule has 0 spiro atoms. The van der Waals surface area contributed by atoms with Crippen molar-refractivity contribution < 1.29 is 4.74 Å². The monoisotopic (exact) mass is 233 g/mol. The van der Waals surface area contributed by atoms with Crippen LogP contribution >= 0.6 is 0 Å². The van der Waals surface area contributed by atoms with Gasteiger partial charge in [-0.05, 0) is 37.2 Å². The molecule has 1 aromatic rings. The van der Waals surface area contributed by atoms with E-state index in [4.69, 9.17) is 10.5 Å². The Morgan fingerprint density at radius 3 is 2.82 bits per heavy atom. The highest BCUT2D eigenvalue weighted by Crippen LogP contribution is 2.43. The lowest BCUT2D eigenvalue weighted by Crippen LogP contribution is -2.23. The molecule has 0 radical (unpaired) electrons. The molecule has 2 rings (SSSR count). The van der Waals surface area contributed by atoms with Gasteiger partial charge >= 0.3 is 0 Å². The topological polar surface area (TPSA) is 35.2 Å². The first-order valence-electron chi connectivity index (χ1n) is 6.63. The van der Waals surface area contributed by atoms with Crippen LogP contribution in [0.1, 0.15) is 45.1 Å². The molecule has 1 aliphatic rings. The van der Waals surface area contributed by atoms with Gasteiger partial charge in [-0.15, -0.1) is 0 Å². The molecule has 0 aliphatic heterocycles. The van der Waals surface area contributed by atoms with Gasteiger partial charge in [0.1, 0.15) is 5.75 Å². The summed E-state index contributed by atoms with van der Waals surface area (Å²) in [7, 11) is 0. The van der Waals surface area contributed by atoms with E-state index in [0.29, 0.717) is 6.04 Å². The Kier molecular flexibility index (Phi) is 3.72. The van der Waals surface area contributed by atoms with Gasteiger partial charge < -0.3 is 10.5 Å². The van der Waals surface area contributed by atoms with Crippen molar-refractivity contribution in [1.82, 2.24) is 0 Å². The van der Waals surface area contributed by atoms with E-state index in [1.54, 1.807) is 0 Å². The van der Waals surface area contributed by atoms with Gasteiger partial charge in [-0.3, -0.25) is 0 Å². The van der Waals surface area contributed by atoms with E-state index in [0.717, 1.165) is 31.6 Å². The van der Waals surface area contributed by atoms with Crippen LogP contribution in [0.4, 0.5) is 0 Å². The van der Waals surface area contributed by atoms with Crippen LogP contribution in [-0.4, -0.2) is 12.6 Å². The summed E-state index contributed by atoms with van der Waals surface area (Å²) in [6, 6.07) is 8.78. The van der Waals surface area contributed by atoms with E-state index in [1.807, 2.05) is 6.07 Å². The molecule has 1 aliphatic carbocycles. The Labute approximate surface area is 104 Å². The Morgan fingerprint density at radius 1 is 1.41 bits per heavy atom. The molecule has 17 heavy (non-hydrogen) atoms. The second-order valence-corrected chi connectivity index (χ2v) is 5.41. The molecule has 1 fully saturated rings. The quantitative estimate of drug-likeness (QED) is 0.866. The van der Waals surface area contributed by atoms with Gasteiger partial charge in [0.2, 0.25) is 0 Å². The highest BCUT2D eigenvalue weighted by Gasteiger charge is 2.36. The first kappa shape index (κ1) is 12.4. The summed E-state index contributed by atoms with van der Waals surface area (Å²) in [6.45, 7) is 5.24.